The summed E-state index contributed by atoms with van der Waals surface area (Å²) in [4.78, 5) is 2.05. The number of rotatable bonds is 13. The van der Waals surface area contributed by atoms with Crippen LogP contribution < -0.4 is 9.64 Å². The summed E-state index contributed by atoms with van der Waals surface area (Å²) in [5, 5.41) is 2.29. The normalized spacial score (nSPS) is 13.7. The minimum atomic E-state index is -4.49. The fourth-order valence-electron chi connectivity index (χ4n) is 11.7. The van der Waals surface area contributed by atoms with Gasteiger partial charge in [0.1, 0.15) is 11.5 Å². The lowest BCUT2D eigenvalue weighted by Crippen LogP contribution is -2.28. The van der Waals surface area contributed by atoms with Crippen molar-refractivity contribution >= 4 is 51.0 Å². The van der Waals surface area contributed by atoms with E-state index in [-0.39, 0.29) is 0 Å². The van der Waals surface area contributed by atoms with Crippen molar-refractivity contribution in [1.29, 1.82) is 0 Å². The van der Waals surface area contributed by atoms with Crippen molar-refractivity contribution in [2.24, 2.45) is 0 Å². The first kappa shape index (κ1) is 48.7. The molecule has 1 unspecified atom stereocenters. The third-order valence-corrected chi connectivity index (χ3v) is 15.5. The average Bonchev–Trinajstić information content (AvgIpc) is 3.61. The van der Waals surface area contributed by atoms with Crippen LogP contribution in [0.4, 0.5) is 30.2 Å². The van der Waals surface area contributed by atoms with Gasteiger partial charge in [-0.05, 0) is 176 Å². The van der Waals surface area contributed by atoms with E-state index in [2.05, 4.69) is 217 Å². The van der Waals surface area contributed by atoms with Crippen LogP contribution in [-0.2, 0) is 18.0 Å². The van der Waals surface area contributed by atoms with Crippen LogP contribution in [0, 0.1) is 0 Å². The molecule has 1 atom stereocenters. The maximum absolute atomic E-state index is 14.2. The van der Waals surface area contributed by atoms with Gasteiger partial charge in [0.05, 0.1) is 22.0 Å². The van der Waals surface area contributed by atoms with Crippen molar-refractivity contribution in [3.8, 4) is 39.4 Å². The molecule has 6 heteroatoms. The molecule has 0 saturated heterocycles. The van der Waals surface area contributed by atoms with Crippen LogP contribution in [0.2, 0.25) is 0 Å². The largest absolute Gasteiger partial charge is 0.457 e. The Bertz CT molecular complexity index is 4220. The fourth-order valence-corrected chi connectivity index (χ4v) is 11.7. The molecule has 0 saturated carbocycles. The van der Waals surface area contributed by atoms with E-state index in [1.807, 2.05) is 48.5 Å². The summed E-state index contributed by atoms with van der Waals surface area (Å²) < 4.78 is 51.2. The van der Waals surface area contributed by atoms with E-state index in [0.717, 1.165) is 119 Å². The minimum absolute atomic E-state index is 0.591. The number of para-hydroxylation sites is 1. The van der Waals surface area contributed by atoms with E-state index in [0.29, 0.717) is 11.4 Å². The van der Waals surface area contributed by atoms with Gasteiger partial charge in [-0.15, -0.1) is 0 Å². The zero-order valence-electron chi connectivity index (χ0n) is 43.0. The number of alkyl halides is 3. The van der Waals surface area contributed by atoms with Gasteiger partial charge in [0.15, 0.2) is 0 Å². The van der Waals surface area contributed by atoms with Crippen LogP contribution in [0.15, 0.2) is 274 Å². The standard InChI is InChI=1S/C73H51F3N2O/c1-3-49-18-20-51(21-19-49)46-52-22-33-60(34-23-52)78-70-17-11-9-15-66(70)67-47-54(28-45-71(67)78)53-26-35-58(36-27-53)77(59-37-29-57(30-38-59)73(74,75)76)61-39-44-65-64-14-8-10-16-68(64)72(69(65)48-61,55-12-6-5-7-13-55)56-31-42-63(43-32-56)79-62-40-24-50(4-2)25-41-62/h3-45,47-48H,1-2,46H2. The number of halogens is 3. The van der Waals surface area contributed by atoms with Gasteiger partial charge in [0.25, 0.3) is 0 Å². The first-order valence-corrected chi connectivity index (χ1v) is 26.4. The molecule has 79 heavy (non-hydrogen) atoms. The van der Waals surface area contributed by atoms with E-state index in [1.165, 1.54) is 11.1 Å². The molecule has 1 aliphatic carbocycles. The monoisotopic (exact) mass is 1030 g/mol. The lowest BCUT2D eigenvalue weighted by Gasteiger charge is -2.35. The van der Waals surface area contributed by atoms with Crippen molar-refractivity contribution in [2.75, 3.05) is 4.90 Å². The molecule has 3 nitrogen and oxygen atoms in total. The van der Waals surface area contributed by atoms with Gasteiger partial charge in [-0.2, -0.15) is 13.2 Å². The predicted molar refractivity (Wildman–Crippen MR) is 319 cm³/mol. The number of hydrogen-bond donors (Lipinski definition) is 0. The summed E-state index contributed by atoms with van der Waals surface area (Å²) in [6.07, 6.45) is 0.0138. The van der Waals surface area contributed by atoms with Crippen LogP contribution in [0.3, 0.4) is 0 Å². The molecular formula is C73H51F3N2O. The summed E-state index contributed by atoms with van der Waals surface area (Å²) in [5.41, 5.74) is 17.2. The van der Waals surface area contributed by atoms with Gasteiger partial charge in [0.2, 0.25) is 0 Å². The van der Waals surface area contributed by atoms with Crippen LogP contribution in [0.25, 0.3) is 61.9 Å². The maximum atomic E-state index is 14.2. The highest BCUT2D eigenvalue weighted by Gasteiger charge is 2.46. The highest BCUT2D eigenvalue weighted by Crippen LogP contribution is 2.57. The number of fused-ring (bicyclic) bond motifs is 6. The SMILES string of the molecule is C=Cc1ccc(Cc2ccc(-n3c4ccccc4c4cc(-c5ccc(N(c6ccc(C(F)(F)F)cc6)c6ccc7c(c6)C(c6ccccc6)(c6ccc(Oc8ccc(C=C)cc8)cc6)c6ccccc6-7)cc5)ccc43)cc2)cc1. The summed E-state index contributed by atoms with van der Waals surface area (Å²) in [6, 6.07) is 87.9. The van der Waals surface area contributed by atoms with Crippen molar-refractivity contribution in [1.82, 2.24) is 4.57 Å². The predicted octanol–water partition coefficient (Wildman–Crippen LogP) is 20.0. The number of aromatic nitrogens is 1. The molecule has 11 aromatic carbocycles. The molecule has 13 rings (SSSR count). The van der Waals surface area contributed by atoms with E-state index < -0.39 is 17.2 Å². The Morgan fingerprint density at radius 3 is 1.65 bits per heavy atom. The maximum Gasteiger partial charge on any atom is 0.416 e. The molecule has 1 aromatic heterocycles. The molecule has 0 fully saturated rings. The van der Waals surface area contributed by atoms with Gasteiger partial charge in [0, 0.05) is 33.5 Å². The highest BCUT2D eigenvalue weighted by molar-refractivity contribution is 6.10. The molecule has 1 aliphatic rings. The quantitative estimate of drug-likeness (QED) is 0.114. The number of ether oxygens (including phenoxy) is 1. The van der Waals surface area contributed by atoms with Gasteiger partial charge in [-0.25, -0.2) is 0 Å². The zero-order valence-corrected chi connectivity index (χ0v) is 43.0. The van der Waals surface area contributed by atoms with E-state index >= 15 is 0 Å². The third-order valence-electron chi connectivity index (χ3n) is 15.5. The minimum Gasteiger partial charge on any atom is -0.457 e. The van der Waals surface area contributed by atoms with Crippen LogP contribution in [-0.4, -0.2) is 4.57 Å². The molecule has 1 heterocycles. The number of benzene rings is 11. The van der Waals surface area contributed by atoms with Crippen LogP contribution >= 0.6 is 0 Å². The second kappa shape index (κ2) is 19.9. The zero-order chi connectivity index (χ0) is 53.7. The van der Waals surface area contributed by atoms with Gasteiger partial charge < -0.3 is 14.2 Å². The average molecular weight is 1030 g/mol. The van der Waals surface area contributed by atoms with E-state index in [9.17, 15) is 13.2 Å². The first-order valence-electron chi connectivity index (χ1n) is 26.4. The molecule has 12 aromatic rings. The number of hydrogen-bond acceptors (Lipinski definition) is 2. The summed E-state index contributed by atoms with van der Waals surface area (Å²) in [6.45, 7) is 7.76. The topological polar surface area (TPSA) is 17.4 Å². The Morgan fingerprint density at radius 2 is 0.975 bits per heavy atom. The van der Waals surface area contributed by atoms with Gasteiger partial charge in [-0.3, -0.25) is 0 Å². The first-order chi connectivity index (χ1) is 38.7. The smallest absolute Gasteiger partial charge is 0.416 e. The number of anilines is 3. The number of nitrogens with zero attached hydrogens (tertiary/aromatic N) is 2. The summed E-state index contributed by atoms with van der Waals surface area (Å²) in [5.74, 6) is 1.42. The second-order valence-corrected chi connectivity index (χ2v) is 20.1. The molecule has 380 valence electrons. The van der Waals surface area contributed by atoms with Gasteiger partial charge >= 0.3 is 6.18 Å². The highest BCUT2D eigenvalue weighted by atomic mass is 19.4. The Kier molecular flexibility index (Phi) is 12.3. The lowest BCUT2D eigenvalue weighted by atomic mass is 9.67. The summed E-state index contributed by atoms with van der Waals surface area (Å²) in [7, 11) is 0. The Morgan fingerprint density at radius 1 is 0.443 bits per heavy atom. The molecule has 0 bridgehead atoms. The Labute approximate surface area is 457 Å². The lowest BCUT2D eigenvalue weighted by molar-refractivity contribution is -0.137. The van der Waals surface area contributed by atoms with Gasteiger partial charge in [-0.1, -0.05) is 183 Å². The molecule has 0 spiro atoms. The Hall–Kier alpha value is -9.91. The molecule has 0 N–H and O–H groups in total. The molecule has 0 radical (unpaired) electrons. The third kappa shape index (κ3) is 8.78. The molecule has 0 aliphatic heterocycles. The van der Waals surface area contributed by atoms with Crippen molar-refractivity contribution in [3.63, 3.8) is 0 Å². The molecule has 0 amide bonds. The van der Waals surface area contributed by atoms with E-state index in [1.54, 1.807) is 18.2 Å². The van der Waals surface area contributed by atoms with Crippen LogP contribution in [0.1, 0.15) is 50.1 Å². The van der Waals surface area contributed by atoms with Crippen LogP contribution in [0.5, 0.6) is 11.5 Å². The second-order valence-electron chi connectivity index (χ2n) is 20.1. The fraction of sp³-hybridized carbons (Fsp3) is 0.0411. The van der Waals surface area contributed by atoms with E-state index in [4.69, 9.17) is 4.74 Å². The Balaban J connectivity index is 0.890. The van der Waals surface area contributed by atoms with Crippen molar-refractivity contribution in [3.05, 3.63) is 324 Å². The van der Waals surface area contributed by atoms with Crippen molar-refractivity contribution in [2.45, 2.75) is 18.0 Å². The van der Waals surface area contributed by atoms with Crippen molar-refractivity contribution < 1.29 is 17.9 Å². The molecular weight excluding hydrogens is 978 g/mol. The summed E-state index contributed by atoms with van der Waals surface area (Å²) >= 11 is 0.